The van der Waals surface area contributed by atoms with Gasteiger partial charge in [-0.05, 0) is 13.3 Å². The fourth-order valence-electron chi connectivity index (χ4n) is 1.82. The first-order chi connectivity index (χ1) is 13.8. The van der Waals surface area contributed by atoms with Crippen molar-refractivity contribution in [2.45, 2.75) is 20.3 Å². The van der Waals surface area contributed by atoms with E-state index in [1.165, 1.54) is 0 Å². The monoisotopic (exact) mass is 410 g/mol. The van der Waals surface area contributed by atoms with E-state index in [0.717, 1.165) is 13.0 Å². The van der Waals surface area contributed by atoms with Crippen LogP contribution in [0.3, 0.4) is 0 Å². The van der Waals surface area contributed by atoms with Crippen LogP contribution in [0, 0.1) is 0 Å². The molecule has 0 unspecified atom stereocenters. The van der Waals surface area contributed by atoms with E-state index in [9.17, 15) is 4.79 Å². The summed E-state index contributed by atoms with van der Waals surface area (Å²) in [4.78, 5) is 11.0. The van der Waals surface area contributed by atoms with Crippen LogP contribution in [0.1, 0.15) is 20.3 Å². The van der Waals surface area contributed by atoms with Gasteiger partial charge < -0.3 is 37.9 Å². The molecule has 28 heavy (non-hydrogen) atoms. The molecule has 0 atom stereocenters. The van der Waals surface area contributed by atoms with Gasteiger partial charge in [-0.15, -0.1) is 0 Å². The highest BCUT2D eigenvalue weighted by molar-refractivity contribution is 5.70. The molecule has 0 rings (SSSR count). The number of rotatable bonds is 23. The molecule has 0 aliphatic carbocycles. The van der Waals surface area contributed by atoms with E-state index < -0.39 is 0 Å². The summed E-state index contributed by atoms with van der Waals surface area (Å²) in [5.41, 5.74) is 0. The maximum absolute atomic E-state index is 11.0. The molecule has 0 radical (unpaired) electrons. The number of esters is 1. The van der Waals surface area contributed by atoms with Crippen molar-refractivity contribution in [2.75, 3.05) is 99.1 Å². The fraction of sp³-hybridized carbons (Fsp3) is 0.947. The van der Waals surface area contributed by atoms with Gasteiger partial charge in [0.25, 0.3) is 0 Å². The van der Waals surface area contributed by atoms with Crippen molar-refractivity contribution in [1.82, 2.24) is 0 Å². The van der Waals surface area contributed by atoms with Crippen molar-refractivity contribution < 1.29 is 42.7 Å². The molecule has 0 aromatic heterocycles. The van der Waals surface area contributed by atoms with Gasteiger partial charge in [-0.3, -0.25) is 0 Å². The first-order valence-electron chi connectivity index (χ1n) is 10.0. The lowest BCUT2D eigenvalue weighted by Gasteiger charge is -2.08. The number of carbonyl (C=O) groups excluding carboxylic acids is 1. The lowest BCUT2D eigenvalue weighted by molar-refractivity contribution is -0.149. The normalized spacial score (nSPS) is 11.1. The third kappa shape index (κ3) is 23.2. The molecular weight excluding hydrogens is 372 g/mol. The molecule has 9 nitrogen and oxygen atoms in total. The standard InChI is InChI=1S/C19H38O9/c1-3-5-21-6-7-22-8-9-23-10-11-24-12-13-25-14-15-26-16-17-27-18-19(20)28-4-2/h3-18H2,1-2H3. The summed E-state index contributed by atoms with van der Waals surface area (Å²) < 4.78 is 42.0. The summed E-state index contributed by atoms with van der Waals surface area (Å²) in [5, 5.41) is 0. The van der Waals surface area contributed by atoms with Gasteiger partial charge >= 0.3 is 5.97 Å². The van der Waals surface area contributed by atoms with E-state index in [1.807, 2.05) is 0 Å². The summed E-state index contributed by atoms with van der Waals surface area (Å²) >= 11 is 0. The molecular formula is C19H38O9. The molecule has 0 aliphatic heterocycles. The molecule has 0 fully saturated rings. The van der Waals surface area contributed by atoms with Gasteiger partial charge in [0.15, 0.2) is 0 Å². The van der Waals surface area contributed by atoms with Crippen LogP contribution in [-0.2, 0) is 42.7 Å². The molecule has 0 bridgehead atoms. The summed E-state index contributed by atoms with van der Waals surface area (Å²) in [6.45, 7) is 11.0. The maximum atomic E-state index is 11.0. The van der Waals surface area contributed by atoms with Gasteiger partial charge in [-0.1, -0.05) is 6.92 Å². The molecule has 0 N–H and O–H groups in total. The second kappa shape index (κ2) is 24.2. The maximum Gasteiger partial charge on any atom is 0.332 e. The molecule has 0 spiro atoms. The Morgan fingerprint density at radius 3 is 1.14 bits per heavy atom. The summed E-state index contributed by atoms with van der Waals surface area (Å²) in [6.07, 6.45) is 1.02. The Morgan fingerprint density at radius 1 is 0.500 bits per heavy atom. The Kier molecular flexibility index (Phi) is 23.5. The van der Waals surface area contributed by atoms with Crippen LogP contribution in [0.25, 0.3) is 0 Å². The summed E-state index contributed by atoms with van der Waals surface area (Å²) in [7, 11) is 0. The molecule has 9 heteroatoms. The zero-order valence-electron chi connectivity index (χ0n) is 17.5. The third-order valence-corrected chi connectivity index (χ3v) is 3.11. The average Bonchev–Trinajstić information content (AvgIpc) is 2.69. The molecule has 168 valence electrons. The minimum Gasteiger partial charge on any atom is -0.464 e. The molecule has 0 heterocycles. The van der Waals surface area contributed by atoms with Crippen molar-refractivity contribution in [3.8, 4) is 0 Å². The van der Waals surface area contributed by atoms with Gasteiger partial charge in [0.1, 0.15) is 6.61 Å². The van der Waals surface area contributed by atoms with Crippen LogP contribution in [0.2, 0.25) is 0 Å². The number of hydrogen-bond donors (Lipinski definition) is 0. The van der Waals surface area contributed by atoms with Crippen LogP contribution >= 0.6 is 0 Å². The van der Waals surface area contributed by atoms with Gasteiger partial charge in [0, 0.05) is 6.61 Å². The van der Waals surface area contributed by atoms with Gasteiger partial charge in [-0.2, -0.15) is 0 Å². The van der Waals surface area contributed by atoms with E-state index in [4.69, 9.17) is 37.9 Å². The topological polar surface area (TPSA) is 90.9 Å². The highest BCUT2D eigenvalue weighted by Crippen LogP contribution is 1.86. The number of ether oxygens (including phenoxy) is 8. The second-order valence-corrected chi connectivity index (χ2v) is 5.53. The van der Waals surface area contributed by atoms with Crippen LogP contribution < -0.4 is 0 Å². The SMILES string of the molecule is CCCOCCOCCOCCOCCOCCOCCOCC(=O)OCC. The molecule has 0 saturated carbocycles. The first kappa shape index (κ1) is 27.2. The van der Waals surface area contributed by atoms with Crippen molar-refractivity contribution in [3.05, 3.63) is 0 Å². The Labute approximate surface area is 168 Å². The minimum absolute atomic E-state index is 0.0458. The van der Waals surface area contributed by atoms with Crippen LogP contribution in [0.5, 0.6) is 0 Å². The molecule has 0 saturated heterocycles. The Bertz CT molecular complexity index is 316. The van der Waals surface area contributed by atoms with E-state index in [2.05, 4.69) is 6.92 Å². The van der Waals surface area contributed by atoms with Gasteiger partial charge in [0.05, 0.1) is 85.9 Å². The van der Waals surface area contributed by atoms with Gasteiger partial charge in [-0.25, -0.2) is 4.79 Å². The molecule has 0 amide bonds. The van der Waals surface area contributed by atoms with Crippen molar-refractivity contribution >= 4 is 5.97 Å². The Hall–Kier alpha value is -0.810. The largest absolute Gasteiger partial charge is 0.464 e. The first-order valence-corrected chi connectivity index (χ1v) is 10.0. The quantitative estimate of drug-likeness (QED) is 0.181. The number of hydrogen-bond acceptors (Lipinski definition) is 9. The van der Waals surface area contributed by atoms with Crippen molar-refractivity contribution in [1.29, 1.82) is 0 Å². The van der Waals surface area contributed by atoms with Crippen molar-refractivity contribution in [3.63, 3.8) is 0 Å². The summed E-state index contributed by atoms with van der Waals surface area (Å²) in [5.74, 6) is -0.363. The highest BCUT2D eigenvalue weighted by atomic mass is 16.6. The predicted molar refractivity (Wildman–Crippen MR) is 103 cm³/mol. The smallest absolute Gasteiger partial charge is 0.332 e. The zero-order valence-corrected chi connectivity index (χ0v) is 17.5. The molecule has 0 aliphatic rings. The van der Waals surface area contributed by atoms with E-state index in [-0.39, 0.29) is 12.6 Å². The lowest BCUT2D eigenvalue weighted by Crippen LogP contribution is -2.16. The van der Waals surface area contributed by atoms with E-state index in [0.29, 0.717) is 85.9 Å². The third-order valence-electron chi connectivity index (χ3n) is 3.11. The summed E-state index contributed by atoms with van der Waals surface area (Å²) in [6, 6.07) is 0. The Balaban J connectivity index is 3.02. The van der Waals surface area contributed by atoms with E-state index in [1.54, 1.807) is 6.92 Å². The molecule has 0 aromatic carbocycles. The lowest BCUT2D eigenvalue weighted by atomic mass is 10.5. The fourth-order valence-corrected chi connectivity index (χ4v) is 1.82. The van der Waals surface area contributed by atoms with Gasteiger partial charge in [0.2, 0.25) is 0 Å². The van der Waals surface area contributed by atoms with Crippen LogP contribution in [-0.4, -0.2) is 105 Å². The number of carbonyl (C=O) groups is 1. The predicted octanol–water partition coefficient (Wildman–Crippen LogP) is 1.08. The highest BCUT2D eigenvalue weighted by Gasteiger charge is 2.00. The zero-order chi connectivity index (χ0) is 20.5. The van der Waals surface area contributed by atoms with Crippen LogP contribution in [0.15, 0.2) is 0 Å². The Morgan fingerprint density at radius 2 is 0.821 bits per heavy atom. The van der Waals surface area contributed by atoms with Crippen molar-refractivity contribution in [2.24, 2.45) is 0 Å². The minimum atomic E-state index is -0.363. The van der Waals surface area contributed by atoms with Crippen LogP contribution in [0.4, 0.5) is 0 Å². The molecule has 0 aromatic rings. The average molecular weight is 411 g/mol. The second-order valence-electron chi connectivity index (χ2n) is 5.53. The van der Waals surface area contributed by atoms with E-state index >= 15 is 0 Å².